The third-order valence-corrected chi connectivity index (χ3v) is 1.92. The number of hydrogen-bond donors (Lipinski definition) is 3. The molecule has 1 aromatic rings. The maximum absolute atomic E-state index is 11.4. The molecule has 0 aliphatic carbocycles. The lowest BCUT2D eigenvalue weighted by Crippen LogP contribution is -2.40. The summed E-state index contributed by atoms with van der Waals surface area (Å²) in [6.45, 7) is 2.41. The highest BCUT2D eigenvalue weighted by molar-refractivity contribution is 5.81. The molecule has 78 valence electrons. The van der Waals surface area contributed by atoms with Gasteiger partial charge in [0.25, 0.3) is 0 Å². The number of imidazole rings is 1. The zero-order chi connectivity index (χ0) is 10.4. The summed E-state index contributed by atoms with van der Waals surface area (Å²) in [6.07, 6.45) is 4.99. The molecule has 1 rings (SSSR count). The number of amides is 1. The second-order valence-electron chi connectivity index (χ2n) is 3.15. The molecule has 5 heteroatoms. The van der Waals surface area contributed by atoms with Crippen molar-refractivity contribution in [3.63, 3.8) is 0 Å². The number of carbonyl (C=O) groups is 1. The van der Waals surface area contributed by atoms with Crippen molar-refractivity contribution >= 4 is 5.91 Å². The van der Waals surface area contributed by atoms with E-state index < -0.39 is 6.04 Å². The number of aromatic nitrogens is 2. The zero-order valence-electron chi connectivity index (χ0n) is 8.29. The Morgan fingerprint density at radius 1 is 1.79 bits per heavy atom. The van der Waals surface area contributed by atoms with Crippen LogP contribution in [0.15, 0.2) is 12.4 Å². The average molecular weight is 196 g/mol. The smallest absolute Gasteiger partial charge is 0.237 e. The van der Waals surface area contributed by atoms with Gasteiger partial charge < -0.3 is 16.0 Å². The Morgan fingerprint density at radius 2 is 2.57 bits per heavy atom. The molecule has 14 heavy (non-hydrogen) atoms. The maximum Gasteiger partial charge on any atom is 0.237 e. The van der Waals surface area contributed by atoms with Gasteiger partial charge >= 0.3 is 0 Å². The van der Waals surface area contributed by atoms with E-state index in [1.807, 2.05) is 6.92 Å². The normalized spacial score (nSPS) is 12.4. The van der Waals surface area contributed by atoms with Gasteiger partial charge in [0, 0.05) is 12.4 Å². The Labute approximate surface area is 83.1 Å². The summed E-state index contributed by atoms with van der Waals surface area (Å²) < 4.78 is 0. The Balaban J connectivity index is 2.27. The third-order valence-electron chi connectivity index (χ3n) is 1.92. The molecule has 5 nitrogen and oxygen atoms in total. The molecule has 1 amide bonds. The SMILES string of the molecule is CCCC(N)C(=O)NCc1ncc[nH]1. The van der Waals surface area contributed by atoms with E-state index in [1.54, 1.807) is 12.4 Å². The van der Waals surface area contributed by atoms with Gasteiger partial charge in [-0.05, 0) is 6.42 Å². The van der Waals surface area contributed by atoms with Crippen LogP contribution < -0.4 is 11.1 Å². The first-order valence-corrected chi connectivity index (χ1v) is 4.75. The molecule has 1 heterocycles. The van der Waals surface area contributed by atoms with Gasteiger partial charge in [-0.25, -0.2) is 4.98 Å². The quantitative estimate of drug-likeness (QED) is 0.627. The fourth-order valence-corrected chi connectivity index (χ4v) is 1.14. The van der Waals surface area contributed by atoms with E-state index >= 15 is 0 Å². The van der Waals surface area contributed by atoms with E-state index in [1.165, 1.54) is 0 Å². The van der Waals surface area contributed by atoms with Crippen LogP contribution in [-0.2, 0) is 11.3 Å². The summed E-state index contributed by atoms with van der Waals surface area (Å²) in [4.78, 5) is 18.2. The van der Waals surface area contributed by atoms with Crippen molar-refractivity contribution in [2.24, 2.45) is 5.73 Å². The fourth-order valence-electron chi connectivity index (χ4n) is 1.14. The van der Waals surface area contributed by atoms with Crippen molar-refractivity contribution in [1.29, 1.82) is 0 Å². The van der Waals surface area contributed by atoms with Crippen molar-refractivity contribution < 1.29 is 4.79 Å². The molecule has 0 aliphatic heterocycles. The van der Waals surface area contributed by atoms with Crippen LogP contribution in [0.5, 0.6) is 0 Å². The number of nitrogens with zero attached hydrogens (tertiary/aromatic N) is 1. The van der Waals surface area contributed by atoms with Crippen LogP contribution in [0, 0.1) is 0 Å². The van der Waals surface area contributed by atoms with Crippen molar-refractivity contribution in [3.05, 3.63) is 18.2 Å². The van der Waals surface area contributed by atoms with Gasteiger partial charge in [-0.3, -0.25) is 4.79 Å². The standard InChI is InChI=1S/C9H16N4O/c1-2-3-7(10)9(14)13-6-8-11-4-5-12-8/h4-5,7H,2-3,6,10H2,1H3,(H,11,12)(H,13,14). The van der Waals surface area contributed by atoms with E-state index in [0.29, 0.717) is 13.0 Å². The van der Waals surface area contributed by atoms with Crippen molar-refractivity contribution in [1.82, 2.24) is 15.3 Å². The lowest BCUT2D eigenvalue weighted by Gasteiger charge is -2.09. The average Bonchev–Trinajstić information content (AvgIpc) is 2.67. The minimum Gasteiger partial charge on any atom is -0.348 e. The molecule has 4 N–H and O–H groups in total. The Bertz CT molecular complexity index is 270. The molecule has 0 spiro atoms. The molecular weight excluding hydrogens is 180 g/mol. The van der Waals surface area contributed by atoms with E-state index in [4.69, 9.17) is 5.73 Å². The highest BCUT2D eigenvalue weighted by Gasteiger charge is 2.11. The van der Waals surface area contributed by atoms with Crippen LogP contribution in [0.3, 0.4) is 0 Å². The van der Waals surface area contributed by atoms with E-state index in [0.717, 1.165) is 12.2 Å². The summed E-state index contributed by atoms with van der Waals surface area (Å²) >= 11 is 0. The molecule has 1 unspecified atom stereocenters. The second-order valence-corrected chi connectivity index (χ2v) is 3.15. The molecule has 0 aliphatic rings. The van der Waals surface area contributed by atoms with Crippen LogP contribution in [0.4, 0.5) is 0 Å². The van der Waals surface area contributed by atoms with Crippen LogP contribution in [-0.4, -0.2) is 21.9 Å². The summed E-state index contributed by atoms with van der Waals surface area (Å²) in [5.41, 5.74) is 5.62. The van der Waals surface area contributed by atoms with Gasteiger partial charge in [-0.15, -0.1) is 0 Å². The predicted octanol–water partition coefficient (Wildman–Crippen LogP) is 0.153. The minimum absolute atomic E-state index is 0.122. The van der Waals surface area contributed by atoms with Gasteiger partial charge in [-0.1, -0.05) is 13.3 Å². The zero-order valence-corrected chi connectivity index (χ0v) is 8.29. The summed E-state index contributed by atoms with van der Waals surface area (Å²) in [7, 11) is 0. The predicted molar refractivity (Wildman–Crippen MR) is 53.3 cm³/mol. The number of carbonyl (C=O) groups excluding carboxylic acids is 1. The van der Waals surface area contributed by atoms with Crippen LogP contribution in [0.2, 0.25) is 0 Å². The molecule has 1 aromatic heterocycles. The van der Waals surface area contributed by atoms with Gasteiger partial charge in [0.2, 0.25) is 5.91 Å². The van der Waals surface area contributed by atoms with E-state index in [9.17, 15) is 4.79 Å². The Morgan fingerprint density at radius 3 is 3.14 bits per heavy atom. The second kappa shape index (κ2) is 5.39. The maximum atomic E-state index is 11.4. The summed E-state index contributed by atoms with van der Waals surface area (Å²) in [6, 6.07) is -0.407. The summed E-state index contributed by atoms with van der Waals surface area (Å²) in [5, 5.41) is 2.71. The molecular formula is C9H16N4O. The molecule has 0 saturated carbocycles. The van der Waals surface area contributed by atoms with Crippen molar-refractivity contribution in [2.45, 2.75) is 32.4 Å². The number of nitrogens with two attached hydrogens (primary N) is 1. The van der Waals surface area contributed by atoms with Crippen LogP contribution >= 0.6 is 0 Å². The fraction of sp³-hybridized carbons (Fsp3) is 0.556. The molecule has 0 fully saturated rings. The van der Waals surface area contributed by atoms with Gasteiger partial charge in [0.15, 0.2) is 0 Å². The van der Waals surface area contributed by atoms with Crippen molar-refractivity contribution in [2.75, 3.05) is 0 Å². The highest BCUT2D eigenvalue weighted by Crippen LogP contribution is 1.94. The van der Waals surface area contributed by atoms with Gasteiger partial charge in [0.05, 0.1) is 12.6 Å². The van der Waals surface area contributed by atoms with Crippen molar-refractivity contribution in [3.8, 4) is 0 Å². The topological polar surface area (TPSA) is 83.8 Å². The first-order chi connectivity index (χ1) is 6.74. The highest BCUT2D eigenvalue weighted by atomic mass is 16.2. The molecule has 0 aromatic carbocycles. The van der Waals surface area contributed by atoms with E-state index in [2.05, 4.69) is 15.3 Å². The molecule has 0 saturated heterocycles. The summed E-state index contributed by atoms with van der Waals surface area (Å²) in [5.74, 6) is 0.616. The first kappa shape index (κ1) is 10.7. The lowest BCUT2D eigenvalue weighted by atomic mass is 10.2. The van der Waals surface area contributed by atoms with Gasteiger partial charge in [-0.2, -0.15) is 0 Å². The number of hydrogen-bond acceptors (Lipinski definition) is 3. The molecule has 0 radical (unpaired) electrons. The Kier molecular flexibility index (Phi) is 4.12. The number of aromatic amines is 1. The van der Waals surface area contributed by atoms with Gasteiger partial charge in [0.1, 0.15) is 5.82 Å². The van der Waals surface area contributed by atoms with Crippen LogP contribution in [0.1, 0.15) is 25.6 Å². The lowest BCUT2D eigenvalue weighted by molar-refractivity contribution is -0.122. The van der Waals surface area contributed by atoms with Crippen LogP contribution in [0.25, 0.3) is 0 Å². The minimum atomic E-state index is -0.407. The van der Waals surface area contributed by atoms with E-state index in [-0.39, 0.29) is 5.91 Å². The Hall–Kier alpha value is -1.36. The monoisotopic (exact) mass is 196 g/mol. The third kappa shape index (κ3) is 3.18. The first-order valence-electron chi connectivity index (χ1n) is 4.75. The molecule has 0 bridgehead atoms. The molecule has 1 atom stereocenters. The number of nitrogens with one attached hydrogen (secondary N) is 2. The number of rotatable bonds is 5. The largest absolute Gasteiger partial charge is 0.348 e. The number of H-pyrrole nitrogens is 1.